The van der Waals surface area contributed by atoms with Gasteiger partial charge in [-0.25, -0.2) is 4.79 Å². The van der Waals surface area contributed by atoms with Crippen LogP contribution < -0.4 is 5.32 Å². The van der Waals surface area contributed by atoms with E-state index in [1.165, 1.54) is 36.2 Å². The van der Waals surface area contributed by atoms with Gasteiger partial charge in [-0.2, -0.15) is 5.10 Å². The molecule has 1 fully saturated rings. The van der Waals surface area contributed by atoms with Gasteiger partial charge in [0.1, 0.15) is 6.04 Å². The Bertz CT molecular complexity index is 490. The molecule has 0 bridgehead atoms. The summed E-state index contributed by atoms with van der Waals surface area (Å²) in [5, 5.41) is 15.9. The summed E-state index contributed by atoms with van der Waals surface area (Å²) in [6.07, 6.45) is 9.67. The first-order chi connectivity index (χ1) is 10.1. The van der Waals surface area contributed by atoms with Crippen LogP contribution in [0, 0.1) is 0 Å². The predicted molar refractivity (Wildman–Crippen MR) is 78.1 cm³/mol. The van der Waals surface area contributed by atoms with Crippen LogP contribution in [0.3, 0.4) is 0 Å². The summed E-state index contributed by atoms with van der Waals surface area (Å²) in [4.78, 5) is 23.1. The van der Waals surface area contributed by atoms with Gasteiger partial charge in [0.25, 0.3) is 0 Å². The Hall–Kier alpha value is -1.85. The fourth-order valence-electron chi connectivity index (χ4n) is 2.71. The number of carbonyl (C=O) groups is 2. The second-order valence-electron chi connectivity index (χ2n) is 5.71. The first-order valence-electron chi connectivity index (χ1n) is 7.67. The van der Waals surface area contributed by atoms with Crippen LogP contribution in [0.1, 0.15) is 68.4 Å². The number of nitrogens with one attached hydrogen (secondary N) is 1. The van der Waals surface area contributed by atoms with Gasteiger partial charge in [-0.05, 0) is 25.8 Å². The van der Waals surface area contributed by atoms with Gasteiger partial charge in [-0.1, -0.05) is 32.1 Å². The number of hydrogen-bond acceptors (Lipinski definition) is 3. The van der Waals surface area contributed by atoms with Crippen molar-refractivity contribution in [1.82, 2.24) is 15.1 Å². The summed E-state index contributed by atoms with van der Waals surface area (Å²) in [7, 11) is 0. The second kappa shape index (κ2) is 7.24. The number of aromatic carboxylic acids is 1. The Morgan fingerprint density at radius 1 is 1.29 bits per heavy atom. The quantitative estimate of drug-likeness (QED) is 0.892. The largest absolute Gasteiger partial charge is 0.476 e. The molecule has 2 N–H and O–H groups in total. The zero-order valence-corrected chi connectivity index (χ0v) is 12.4. The molecule has 1 saturated carbocycles. The lowest BCUT2D eigenvalue weighted by atomic mass is 9.96. The molecule has 1 aromatic rings. The molecule has 0 saturated heterocycles. The molecule has 0 aliphatic heterocycles. The smallest absolute Gasteiger partial charge is 0.356 e. The lowest BCUT2D eigenvalue weighted by Gasteiger charge is -2.23. The van der Waals surface area contributed by atoms with Crippen LogP contribution in [0.5, 0.6) is 0 Å². The van der Waals surface area contributed by atoms with E-state index in [2.05, 4.69) is 10.4 Å². The monoisotopic (exact) mass is 293 g/mol. The van der Waals surface area contributed by atoms with Crippen molar-refractivity contribution < 1.29 is 14.7 Å². The number of aromatic nitrogens is 2. The van der Waals surface area contributed by atoms with Gasteiger partial charge in [0.05, 0.1) is 0 Å². The molecule has 1 aliphatic carbocycles. The lowest BCUT2D eigenvalue weighted by molar-refractivity contribution is -0.125. The number of carboxylic acids is 1. The summed E-state index contributed by atoms with van der Waals surface area (Å²) in [6.45, 7) is 1.73. The molecule has 1 heterocycles. The summed E-state index contributed by atoms with van der Waals surface area (Å²) in [6, 6.07) is 1.14. The molecule has 0 aromatic carbocycles. The highest BCUT2D eigenvalue weighted by molar-refractivity contribution is 5.85. The maximum absolute atomic E-state index is 12.3. The van der Waals surface area contributed by atoms with Gasteiger partial charge in [-0.15, -0.1) is 0 Å². The number of hydrogen-bond donors (Lipinski definition) is 2. The molecule has 1 unspecified atom stereocenters. The molecular weight excluding hydrogens is 270 g/mol. The Balaban J connectivity index is 1.92. The molecule has 6 nitrogen and oxygen atoms in total. The van der Waals surface area contributed by atoms with Gasteiger partial charge in [0, 0.05) is 12.2 Å². The number of carboxylic acid groups (broad SMARTS) is 1. The molecule has 0 spiro atoms. The predicted octanol–water partition coefficient (Wildman–Crippen LogP) is 2.37. The Labute approximate surface area is 124 Å². The van der Waals surface area contributed by atoms with Crippen LogP contribution in [-0.2, 0) is 4.79 Å². The van der Waals surface area contributed by atoms with Crippen molar-refractivity contribution in [3.8, 4) is 0 Å². The Kier molecular flexibility index (Phi) is 5.36. The zero-order chi connectivity index (χ0) is 15.2. The van der Waals surface area contributed by atoms with Crippen molar-refractivity contribution in [2.75, 3.05) is 0 Å². The summed E-state index contributed by atoms with van der Waals surface area (Å²) >= 11 is 0. The fraction of sp³-hybridized carbons (Fsp3) is 0.667. The molecule has 2 rings (SSSR count). The third kappa shape index (κ3) is 4.31. The van der Waals surface area contributed by atoms with E-state index >= 15 is 0 Å². The van der Waals surface area contributed by atoms with Crippen molar-refractivity contribution >= 4 is 11.9 Å². The van der Waals surface area contributed by atoms with Crippen molar-refractivity contribution in [1.29, 1.82) is 0 Å². The molecule has 1 aliphatic rings. The minimum atomic E-state index is -1.08. The minimum absolute atomic E-state index is 0.0411. The highest BCUT2D eigenvalue weighted by Crippen LogP contribution is 2.18. The standard InChI is InChI=1S/C15H23N3O3/c1-11(18-10-9-13(17-18)15(20)21)14(19)16-12-7-5-3-2-4-6-8-12/h9-12H,2-8H2,1H3,(H,16,19)(H,20,21). The van der Waals surface area contributed by atoms with Crippen LogP contribution in [0.2, 0.25) is 0 Å². The van der Waals surface area contributed by atoms with Gasteiger partial charge in [0.2, 0.25) is 5.91 Å². The van der Waals surface area contributed by atoms with Gasteiger partial charge in [0.15, 0.2) is 5.69 Å². The number of rotatable bonds is 4. The molecule has 21 heavy (non-hydrogen) atoms. The first-order valence-corrected chi connectivity index (χ1v) is 7.67. The SMILES string of the molecule is CC(C(=O)NC1CCCCCCC1)n1ccc(C(=O)O)n1. The van der Waals surface area contributed by atoms with E-state index in [0.29, 0.717) is 0 Å². The van der Waals surface area contributed by atoms with E-state index in [1.807, 2.05) is 0 Å². The van der Waals surface area contributed by atoms with Crippen LogP contribution in [0.4, 0.5) is 0 Å². The van der Waals surface area contributed by atoms with E-state index in [9.17, 15) is 9.59 Å². The van der Waals surface area contributed by atoms with Crippen molar-refractivity contribution in [2.24, 2.45) is 0 Å². The topological polar surface area (TPSA) is 84.2 Å². The molecular formula is C15H23N3O3. The highest BCUT2D eigenvalue weighted by atomic mass is 16.4. The normalized spacial score (nSPS) is 18.5. The molecule has 1 atom stereocenters. The van der Waals surface area contributed by atoms with E-state index in [0.717, 1.165) is 25.7 Å². The van der Waals surface area contributed by atoms with E-state index in [4.69, 9.17) is 5.11 Å². The summed E-state index contributed by atoms with van der Waals surface area (Å²) < 4.78 is 1.40. The summed E-state index contributed by atoms with van der Waals surface area (Å²) in [5.74, 6) is -1.18. The molecule has 6 heteroatoms. The van der Waals surface area contributed by atoms with Gasteiger partial charge in [-0.3, -0.25) is 9.48 Å². The van der Waals surface area contributed by atoms with Crippen LogP contribution in [0.25, 0.3) is 0 Å². The number of amides is 1. The lowest BCUT2D eigenvalue weighted by Crippen LogP contribution is -2.39. The van der Waals surface area contributed by atoms with E-state index in [1.54, 1.807) is 6.92 Å². The molecule has 1 aromatic heterocycles. The van der Waals surface area contributed by atoms with Crippen molar-refractivity contribution in [3.63, 3.8) is 0 Å². The van der Waals surface area contributed by atoms with Crippen LogP contribution >= 0.6 is 0 Å². The maximum atomic E-state index is 12.3. The maximum Gasteiger partial charge on any atom is 0.356 e. The minimum Gasteiger partial charge on any atom is -0.476 e. The highest BCUT2D eigenvalue weighted by Gasteiger charge is 2.21. The second-order valence-corrected chi connectivity index (χ2v) is 5.71. The third-order valence-electron chi connectivity index (χ3n) is 4.06. The first kappa shape index (κ1) is 15.5. The Morgan fingerprint density at radius 3 is 2.48 bits per heavy atom. The average Bonchev–Trinajstić information content (AvgIpc) is 2.90. The summed E-state index contributed by atoms with van der Waals surface area (Å²) in [5.41, 5.74) is -0.0411. The van der Waals surface area contributed by atoms with E-state index in [-0.39, 0.29) is 17.6 Å². The molecule has 116 valence electrons. The van der Waals surface area contributed by atoms with Crippen LogP contribution in [-0.4, -0.2) is 32.8 Å². The number of carbonyl (C=O) groups excluding carboxylic acids is 1. The van der Waals surface area contributed by atoms with Gasteiger partial charge >= 0.3 is 5.97 Å². The van der Waals surface area contributed by atoms with Crippen molar-refractivity contribution in [3.05, 3.63) is 18.0 Å². The third-order valence-corrected chi connectivity index (χ3v) is 4.06. The number of nitrogens with zero attached hydrogens (tertiary/aromatic N) is 2. The molecule has 1 amide bonds. The molecule has 0 radical (unpaired) electrons. The van der Waals surface area contributed by atoms with Crippen LogP contribution in [0.15, 0.2) is 12.3 Å². The van der Waals surface area contributed by atoms with E-state index < -0.39 is 12.0 Å². The Morgan fingerprint density at radius 2 is 1.90 bits per heavy atom. The fourth-order valence-corrected chi connectivity index (χ4v) is 2.71. The average molecular weight is 293 g/mol. The zero-order valence-electron chi connectivity index (χ0n) is 12.4. The van der Waals surface area contributed by atoms with Gasteiger partial charge < -0.3 is 10.4 Å². The van der Waals surface area contributed by atoms with Crippen molar-refractivity contribution in [2.45, 2.75) is 64.0 Å².